The molecule has 3 N–H and O–H groups in total. The Kier molecular flexibility index (Phi) is 6.68. The predicted octanol–water partition coefficient (Wildman–Crippen LogP) is 3.81. The summed E-state index contributed by atoms with van der Waals surface area (Å²) in [4.78, 5) is 11.7. The number of carbonyl (C=O) groups excluding carboxylic acids is 1. The zero-order chi connectivity index (χ0) is 13.5. The number of anilines is 1. The van der Waals surface area contributed by atoms with E-state index in [2.05, 4.69) is 28.2 Å². The Hall–Kier alpha value is -0.580. The molecule has 1 aromatic carbocycles. The standard InChI is InChI=1S/C13H18BrClN2O/c1-9(6-7-16)2-5-13(18)17-10-3-4-12(15)11(14)8-10/h3-4,8-9H,2,5-7,16H2,1H3,(H,17,18). The van der Waals surface area contributed by atoms with E-state index in [9.17, 15) is 4.79 Å². The van der Waals surface area contributed by atoms with Gasteiger partial charge in [0.25, 0.3) is 0 Å². The van der Waals surface area contributed by atoms with Gasteiger partial charge in [-0.05, 0) is 59.4 Å². The van der Waals surface area contributed by atoms with Gasteiger partial charge in [0, 0.05) is 16.6 Å². The fourth-order valence-electron chi connectivity index (χ4n) is 1.60. The second kappa shape index (κ2) is 7.77. The highest BCUT2D eigenvalue weighted by Crippen LogP contribution is 2.25. The lowest BCUT2D eigenvalue weighted by atomic mass is 10.0. The second-order valence-corrected chi connectivity index (χ2v) is 5.66. The molecule has 0 saturated heterocycles. The molecule has 1 amide bonds. The van der Waals surface area contributed by atoms with Gasteiger partial charge in [-0.2, -0.15) is 0 Å². The highest BCUT2D eigenvalue weighted by Gasteiger charge is 2.07. The quantitative estimate of drug-likeness (QED) is 0.832. The maximum absolute atomic E-state index is 11.7. The second-order valence-electron chi connectivity index (χ2n) is 4.40. The van der Waals surface area contributed by atoms with Crippen LogP contribution in [0.4, 0.5) is 5.69 Å². The molecule has 0 aliphatic rings. The maximum atomic E-state index is 11.7. The van der Waals surface area contributed by atoms with Gasteiger partial charge in [-0.25, -0.2) is 0 Å². The molecule has 1 atom stereocenters. The van der Waals surface area contributed by atoms with Gasteiger partial charge in [0.2, 0.25) is 5.91 Å². The van der Waals surface area contributed by atoms with Gasteiger partial charge in [-0.3, -0.25) is 4.79 Å². The van der Waals surface area contributed by atoms with E-state index in [1.54, 1.807) is 18.2 Å². The highest BCUT2D eigenvalue weighted by molar-refractivity contribution is 9.10. The van der Waals surface area contributed by atoms with E-state index < -0.39 is 0 Å². The topological polar surface area (TPSA) is 55.1 Å². The van der Waals surface area contributed by atoms with E-state index in [-0.39, 0.29) is 5.91 Å². The summed E-state index contributed by atoms with van der Waals surface area (Å²) in [6.07, 6.45) is 2.33. The average Bonchev–Trinajstić information content (AvgIpc) is 2.32. The van der Waals surface area contributed by atoms with Gasteiger partial charge in [-0.15, -0.1) is 0 Å². The van der Waals surface area contributed by atoms with Gasteiger partial charge in [-0.1, -0.05) is 18.5 Å². The van der Waals surface area contributed by atoms with Crippen molar-refractivity contribution < 1.29 is 4.79 Å². The van der Waals surface area contributed by atoms with E-state index in [1.807, 2.05) is 0 Å². The number of halogens is 2. The summed E-state index contributed by atoms with van der Waals surface area (Å²) < 4.78 is 0.776. The fraction of sp³-hybridized carbons (Fsp3) is 0.462. The molecule has 100 valence electrons. The number of nitrogens with two attached hydrogens (primary N) is 1. The van der Waals surface area contributed by atoms with Crippen LogP contribution in [0.3, 0.4) is 0 Å². The summed E-state index contributed by atoms with van der Waals surface area (Å²) >= 11 is 9.20. The smallest absolute Gasteiger partial charge is 0.224 e. The summed E-state index contributed by atoms with van der Waals surface area (Å²) in [6, 6.07) is 5.33. The molecule has 0 aromatic heterocycles. The van der Waals surface area contributed by atoms with Crippen molar-refractivity contribution in [1.29, 1.82) is 0 Å². The summed E-state index contributed by atoms with van der Waals surface area (Å²) in [6.45, 7) is 2.78. The fourth-order valence-corrected chi connectivity index (χ4v) is 2.10. The van der Waals surface area contributed by atoms with Crippen LogP contribution >= 0.6 is 27.5 Å². The summed E-state index contributed by atoms with van der Waals surface area (Å²) in [7, 11) is 0. The maximum Gasteiger partial charge on any atom is 0.224 e. The molecule has 0 spiro atoms. The average molecular weight is 334 g/mol. The van der Waals surface area contributed by atoms with Crippen LogP contribution in [0.1, 0.15) is 26.2 Å². The molecule has 0 bridgehead atoms. The lowest BCUT2D eigenvalue weighted by Gasteiger charge is -2.10. The Labute approximate surface area is 121 Å². The summed E-state index contributed by atoms with van der Waals surface area (Å²) in [5, 5.41) is 3.48. The van der Waals surface area contributed by atoms with Crippen molar-refractivity contribution in [1.82, 2.24) is 0 Å². The third-order valence-corrected chi connectivity index (χ3v) is 3.94. The number of hydrogen-bond acceptors (Lipinski definition) is 2. The molecule has 5 heteroatoms. The van der Waals surface area contributed by atoms with Crippen molar-refractivity contribution in [3.63, 3.8) is 0 Å². The van der Waals surface area contributed by atoms with Gasteiger partial charge in [0.15, 0.2) is 0 Å². The normalized spacial score (nSPS) is 12.2. The lowest BCUT2D eigenvalue weighted by molar-refractivity contribution is -0.116. The van der Waals surface area contributed by atoms with Crippen LogP contribution in [-0.4, -0.2) is 12.5 Å². The van der Waals surface area contributed by atoms with Crippen LogP contribution in [0.5, 0.6) is 0 Å². The molecule has 0 saturated carbocycles. The molecule has 18 heavy (non-hydrogen) atoms. The first-order valence-electron chi connectivity index (χ1n) is 5.98. The number of nitrogens with one attached hydrogen (secondary N) is 1. The van der Waals surface area contributed by atoms with E-state index in [4.69, 9.17) is 17.3 Å². The monoisotopic (exact) mass is 332 g/mol. The molecule has 0 fully saturated rings. The van der Waals surface area contributed by atoms with Crippen molar-refractivity contribution in [2.24, 2.45) is 11.7 Å². The molecule has 0 aliphatic heterocycles. The zero-order valence-corrected chi connectivity index (χ0v) is 12.7. The van der Waals surface area contributed by atoms with Crippen LogP contribution in [0.2, 0.25) is 5.02 Å². The minimum Gasteiger partial charge on any atom is -0.330 e. The Bertz CT molecular complexity index is 412. The summed E-state index contributed by atoms with van der Waals surface area (Å²) in [5.74, 6) is 0.505. The minimum atomic E-state index is 0.0214. The third-order valence-electron chi connectivity index (χ3n) is 2.73. The number of hydrogen-bond donors (Lipinski definition) is 2. The van der Waals surface area contributed by atoms with Gasteiger partial charge < -0.3 is 11.1 Å². The van der Waals surface area contributed by atoms with Crippen molar-refractivity contribution in [2.75, 3.05) is 11.9 Å². The summed E-state index contributed by atoms with van der Waals surface area (Å²) in [5.41, 5.74) is 6.22. The number of carbonyl (C=O) groups is 1. The van der Waals surface area contributed by atoms with E-state index in [1.165, 1.54) is 0 Å². The van der Waals surface area contributed by atoms with Crippen molar-refractivity contribution in [2.45, 2.75) is 26.2 Å². The van der Waals surface area contributed by atoms with E-state index in [0.717, 1.165) is 23.0 Å². The Morgan fingerprint density at radius 1 is 1.50 bits per heavy atom. The van der Waals surface area contributed by atoms with Crippen LogP contribution in [0.25, 0.3) is 0 Å². The van der Waals surface area contributed by atoms with Crippen molar-refractivity contribution in [3.05, 3.63) is 27.7 Å². The SMILES string of the molecule is CC(CCN)CCC(=O)Nc1ccc(Cl)c(Br)c1. The third kappa shape index (κ3) is 5.38. The molecular formula is C13H18BrClN2O. The molecule has 3 nitrogen and oxygen atoms in total. The van der Waals surface area contributed by atoms with Crippen LogP contribution < -0.4 is 11.1 Å². The first-order valence-corrected chi connectivity index (χ1v) is 7.15. The molecule has 0 radical (unpaired) electrons. The zero-order valence-electron chi connectivity index (χ0n) is 10.4. The molecule has 0 aliphatic carbocycles. The van der Waals surface area contributed by atoms with E-state index in [0.29, 0.717) is 23.9 Å². The Morgan fingerprint density at radius 3 is 2.83 bits per heavy atom. The minimum absolute atomic E-state index is 0.0214. The molecule has 1 rings (SSSR count). The molecular weight excluding hydrogens is 316 g/mol. The predicted molar refractivity (Wildman–Crippen MR) is 79.9 cm³/mol. The van der Waals surface area contributed by atoms with Gasteiger partial charge in [0.05, 0.1) is 5.02 Å². The lowest BCUT2D eigenvalue weighted by Crippen LogP contribution is -2.14. The first kappa shape index (κ1) is 15.5. The van der Waals surface area contributed by atoms with Crippen LogP contribution in [-0.2, 0) is 4.79 Å². The Balaban J connectivity index is 2.42. The Morgan fingerprint density at radius 2 is 2.22 bits per heavy atom. The van der Waals surface area contributed by atoms with Crippen molar-refractivity contribution in [3.8, 4) is 0 Å². The van der Waals surface area contributed by atoms with Crippen molar-refractivity contribution >= 4 is 39.1 Å². The van der Waals surface area contributed by atoms with Crippen LogP contribution in [0.15, 0.2) is 22.7 Å². The molecule has 1 unspecified atom stereocenters. The van der Waals surface area contributed by atoms with Crippen LogP contribution in [0, 0.1) is 5.92 Å². The van der Waals surface area contributed by atoms with Gasteiger partial charge >= 0.3 is 0 Å². The van der Waals surface area contributed by atoms with E-state index >= 15 is 0 Å². The highest BCUT2D eigenvalue weighted by atomic mass is 79.9. The first-order chi connectivity index (χ1) is 8.52. The number of amides is 1. The largest absolute Gasteiger partial charge is 0.330 e. The number of rotatable bonds is 6. The number of benzene rings is 1. The van der Waals surface area contributed by atoms with Gasteiger partial charge in [0.1, 0.15) is 0 Å². The molecule has 1 aromatic rings. The molecule has 0 heterocycles.